The first-order valence-corrected chi connectivity index (χ1v) is 10.7. The van der Waals surface area contributed by atoms with Gasteiger partial charge in [0.15, 0.2) is 5.69 Å². The number of amides is 1. The zero-order valence-corrected chi connectivity index (χ0v) is 18.6. The lowest BCUT2D eigenvalue weighted by Crippen LogP contribution is -2.27. The molecule has 0 radical (unpaired) electrons. The number of fused-ring (bicyclic) bond motifs is 6. The normalized spacial score (nSPS) is 14.6. The Morgan fingerprint density at radius 3 is 2.76 bits per heavy atom. The standard InChI is InChI=1S/C22H22F3N7O2/c1-30-12-18-16(10-32(28-18)5-6-34-2)13-7-14-15(9-27-21(14)26-8-13)17-11-31(4-3-19(30)33)29-20(17)22(23,24)25/h7-11H,3-6,12H2,1-2H3,(H,26,27). The summed E-state index contributed by atoms with van der Waals surface area (Å²) in [7, 11) is 3.25. The van der Waals surface area contributed by atoms with E-state index in [0.717, 1.165) is 5.56 Å². The summed E-state index contributed by atoms with van der Waals surface area (Å²) < 4.78 is 49.6. The molecule has 178 valence electrons. The van der Waals surface area contributed by atoms with Gasteiger partial charge in [-0.25, -0.2) is 4.98 Å². The average molecular weight is 473 g/mol. The first-order chi connectivity index (χ1) is 16.2. The highest BCUT2D eigenvalue weighted by molar-refractivity contribution is 5.96. The van der Waals surface area contributed by atoms with E-state index in [1.807, 2.05) is 6.20 Å². The molecular formula is C22H22F3N7O2. The first-order valence-electron chi connectivity index (χ1n) is 10.7. The molecule has 5 heterocycles. The molecule has 0 saturated heterocycles. The molecule has 1 N–H and O–H groups in total. The van der Waals surface area contributed by atoms with Gasteiger partial charge in [0.05, 0.1) is 25.4 Å². The Bertz CT molecular complexity index is 1370. The lowest BCUT2D eigenvalue weighted by Gasteiger charge is -2.17. The Balaban J connectivity index is 1.72. The number of aromatic nitrogens is 6. The minimum absolute atomic E-state index is 0.00400. The number of carbonyl (C=O) groups is 1. The van der Waals surface area contributed by atoms with Crippen molar-refractivity contribution in [3.8, 4) is 22.3 Å². The van der Waals surface area contributed by atoms with Crippen LogP contribution in [0, 0.1) is 0 Å². The number of aryl methyl sites for hydroxylation is 1. The highest BCUT2D eigenvalue weighted by Gasteiger charge is 2.38. The van der Waals surface area contributed by atoms with Gasteiger partial charge in [-0.05, 0) is 6.07 Å². The second-order valence-electron chi connectivity index (χ2n) is 8.22. The Morgan fingerprint density at radius 2 is 2.00 bits per heavy atom. The number of pyridine rings is 1. The van der Waals surface area contributed by atoms with Gasteiger partial charge in [-0.1, -0.05) is 0 Å². The molecule has 0 spiro atoms. The highest BCUT2D eigenvalue weighted by atomic mass is 19.4. The average Bonchev–Trinajstić information content (AvgIpc) is 3.51. The molecule has 9 nitrogen and oxygen atoms in total. The molecule has 0 atom stereocenters. The number of hydrogen-bond donors (Lipinski definition) is 1. The zero-order chi connectivity index (χ0) is 24.0. The predicted molar refractivity (Wildman–Crippen MR) is 117 cm³/mol. The topological polar surface area (TPSA) is 93.9 Å². The number of halogens is 3. The minimum atomic E-state index is -4.65. The van der Waals surface area contributed by atoms with Gasteiger partial charge in [0.1, 0.15) is 5.65 Å². The van der Waals surface area contributed by atoms with Crippen molar-refractivity contribution < 1.29 is 22.7 Å². The van der Waals surface area contributed by atoms with Crippen LogP contribution in [0.1, 0.15) is 17.8 Å². The number of nitrogens with zero attached hydrogens (tertiary/aromatic N) is 6. The van der Waals surface area contributed by atoms with E-state index in [1.54, 1.807) is 31.1 Å². The number of nitrogens with one attached hydrogen (secondary N) is 1. The first kappa shape index (κ1) is 22.1. The molecule has 0 aliphatic carbocycles. The summed E-state index contributed by atoms with van der Waals surface area (Å²) in [5.41, 5.74) is 1.85. The van der Waals surface area contributed by atoms with Crippen LogP contribution < -0.4 is 0 Å². The summed E-state index contributed by atoms with van der Waals surface area (Å²) in [5, 5.41) is 8.94. The molecule has 4 bridgehead atoms. The molecule has 4 aromatic heterocycles. The number of alkyl halides is 3. The van der Waals surface area contributed by atoms with Crippen molar-refractivity contribution in [2.75, 3.05) is 20.8 Å². The number of carbonyl (C=O) groups excluding carboxylic acids is 1. The summed E-state index contributed by atoms with van der Waals surface area (Å²) in [4.78, 5) is 21.7. The van der Waals surface area contributed by atoms with Gasteiger partial charge >= 0.3 is 6.18 Å². The second-order valence-corrected chi connectivity index (χ2v) is 8.22. The van der Waals surface area contributed by atoms with Crippen LogP contribution in [-0.2, 0) is 35.3 Å². The summed E-state index contributed by atoms with van der Waals surface area (Å²) in [6, 6.07) is 1.79. The van der Waals surface area contributed by atoms with Crippen LogP contribution >= 0.6 is 0 Å². The van der Waals surface area contributed by atoms with Crippen molar-refractivity contribution in [1.82, 2.24) is 34.4 Å². The Hall–Kier alpha value is -3.67. The summed E-state index contributed by atoms with van der Waals surface area (Å²) >= 11 is 0. The van der Waals surface area contributed by atoms with Crippen LogP contribution in [0.4, 0.5) is 13.2 Å². The van der Waals surface area contributed by atoms with Gasteiger partial charge in [0.25, 0.3) is 0 Å². The monoisotopic (exact) mass is 473 g/mol. The van der Waals surface area contributed by atoms with Gasteiger partial charge in [-0.3, -0.25) is 14.2 Å². The third-order valence-electron chi connectivity index (χ3n) is 5.89. The number of hydrogen-bond acceptors (Lipinski definition) is 5. The maximum absolute atomic E-state index is 13.8. The number of H-pyrrole nitrogens is 1. The fraction of sp³-hybridized carbons (Fsp3) is 0.364. The van der Waals surface area contributed by atoms with Crippen molar-refractivity contribution in [3.05, 3.63) is 42.2 Å². The molecule has 0 saturated carbocycles. The van der Waals surface area contributed by atoms with E-state index in [-0.39, 0.29) is 31.0 Å². The van der Waals surface area contributed by atoms with Crippen LogP contribution in [0.15, 0.2) is 30.9 Å². The van der Waals surface area contributed by atoms with E-state index in [1.165, 1.54) is 22.0 Å². The summed E-state index contributed by atoms with van der Waals surface area (Å²) in [6.07, 6.45) is 1.68. The quantitative estimate of drug-likeness (QED) is 0.493. The molecule has 12 heteroatoms. The van der Waals surface area contributed by atoms with Crippen molar-refractivity contribution in [2.45, 2.75) is 32.2 Å². The number of ether oxygens (including phenoxy) is 1. The van der Waals surface area contributed by atoms with Crippen LogP contribution in [0.2, 0.25) is 0 Å². The van der Waals surface area contributed by atoms with Gasteiger partial charge in [-0.2, -0.15) is 23.4 Å². The number of rotatable bonds is 3. The smallest absolute Gasteiger partial charge is 0.383 e. The lowest BCUT2D eigenvalue weighted by molar-refractivity contribution is -0.141. The molecule has 0 fully saturated rings. The van der Waals surface area contributed by atoms with Crippen LogP contribution in [0.25, 0.3) is 33.3 Å². The highest BCUT2D eigenvalue weighted by Crippen LogP contribution is 2.39. The molecule has 0 unspecified atom stereocenters. The number of aromatic amines is 1. The lowest BCUT2D eigenvalue weighted by atomic mass is 10.0. The van der Waals surface area contributed by atoms with Crippen LogP contribution in [0.3, 0.4) is 0 Å². The molecule has 4 aromatic rings. The van der Waals surface area contributed by atoms with E-state index in [0.29, 0.717) is 41.0 Å². The van der Waals surface area contributed by atoms with Gasteiger partial charge in [-0.15, -0.1) is 0 Å². The zero-order valence-electron chi connectivity index (χ0n) is 18.6. The van der Waals surface area contributed by atoms with Crippen molar-refractivity contribution >= 4 is 16.9 Å². The van der Waals surface area contributed by atoms with E-state index < -0.39 is 11.9 Å². The van der Waals surface area contributed by atoms with Gasteiger partial charge < -0.3 is 14.6 Å². The molecule has 1 amide bonds. The summed E-state index contributed by atoms with van der Waals surface area (Å²) in [5.74, 6) is -0.226. The molecule has 34 heavy (non-hydrogen) atoms. The minimum Gasteiger partial charge on any atom is -0.383 e. The molecule has 1 aliphatic heterocycles. The van der Waals surface area contributed by atoms with Crippen molar-refractivity contribution in [2.24, 2.45) is 0 Å². The Morgan fingerprint density at radius 1 is 1.18 bits per heavy atom. The third-order valence-corrected chi connectivity index (χ3v) is 5.89. The molecule has 5 rings (SSSR count). The molecule has 0 aromatic carbocycles. The SMILES string of the molecule is COCCn1cc2c(n1)CN(C)C(=O)CCn1cc(c(C(F)(F)F)n1)-c1c[nH]c3ncc-2cc13. The molecule has 1 aliphatic rings. The molecular weight excluding hydrogens is 451 g/mol. The van der Waals surface area contributed by atoms with E-state index in [2.05, 4.69) is 20.2 Å². The second kappa shape index (κ2) is 8.28. The largest absolute Gasteiger partial charge is 0.435 e. The third kappa shape index (κ3) is 3.94. The van der Waals surface area contributed by atoms with Crippen LogP contribution in [0.5, 0.6) is 0 Å². The van der Waals surface area contributed by atoms with E-state index in [9.17, 15) is 18.0 Å². The fourth-order valence-corrected chi connectivity index (χ4v) is 4.15. The van der Waals surface area contributed by atoms with E-state index >= 15 is 0 Å². The van der Waals surface area contributed by atoms with Gasteiger partial charge in [0.2, 0.25) is 5.91 Å². The van der Waals surface area contributed by atoms with E-state index in [4.69, 9.17) is 4.74 Å². The predicted octanol–water partition coefficient (Wildman–Crippen LogP) is 3.32. The Labute approximate surface area is 192 Å². The van der Waals surface area contributed by atoms with Crippen LogP contribution in [-0.4, -0.2) is 61.1 Å². The van der Waals surface area contributed by atoms with Crippen molar-refractivity contribution in [3.63, 3.8) is 0 Å². The fourth-order valence-electron chi connectivity index (χ4n) is 4.15. The number of methoxy groups -OCH3 is 1. The van der Waals surface area contributed by atoms with Gasteiger partial charge in [0, 0.05) is 79.6 Å². The maximum atomic E-state index is 13.8. The Kier molecular flexibility index (Phi) is 5.39. The summed E-state index contributed by atoms with van der Waals surface area (Å²) in [6.45, 7) is 1.23. The van der Waals surface area contributed by atoms with Crippen molar-refractivity contribution in [1.29, 1.82) is 0 Å². The maximum Gasteiger partial charge on any atom is 0.435 e.